The molecule has 2 N–H and O–H groups in total. The molecule has 0 heterocycles. The maximum Gasteiger partial charge on any atom is 0.0644 e. The van der Waals surface area contributed by atoms with Crippen LogP contribution < -0.4 is 0 Å². The van der Waals surface area contributed by atoms with Crippen molar-refractivity contribution >= 4 is 0 Å². The lowest BCUT2D eigenvalue weighted by atomic mass is 9.31. The number of fused-ring (bicyclic) bond motifs is 7. The third-order valence-corrected chi connectivity index (χ3v) is 13.5. The Morgan fingerprint density at radius 1 is 0.844 bits per heavy atom. The van der Waals surface area contributed by atoms with Gasteiger partial charge in [0.1, 0.15) is 0 Å². The predicted octanol–water partition coefficient (Wildman–Crippen LogP) is 7.00. The van der Waals surface area contributed by atoms with Gasteiger partial charge in [0.15, 0.2) is 0 Å². The van der Waals surface area contributed by atoms with Crippen LogP contribution in [0.5, 0.6) is 0 Å². The van der Waals surface area contributed by atoms with Crippen molar-refractivity contribution < 1.29 is 10.2 Å². The summed E-state index contributed by atoms with van der Waals surface area (Å²) in [5.74, 6) is 3.41. The summed E-state index contributed by atoms with van der Waals surface area (Å²) in [6.45, 7) is 18.0. The van der Waals surface area contributed by atoms with E-state index in [0.717, 1.165) is 24.7 Å². The molecule has 0 spiro atoms. The van der Waals surface area contributed by atoms with Crippen molar-refractivity contribution in [3.05, 3.63) is 11.6 Å². The summed E-state index contributed by atoms with van der Waals surface area (Å²) in [6, 6.07) is 0. The smallest absolute Gasteiger partial charge is 0.0644 e. The van der Waals surface area contributed by atoms with Crippen molar-refractivity contribution in [3.63, 3.8) is 0 Å². The summed E-state index contributed by atoms with van der Waals surface area (Å²) in [4.78, 5) is 0. The van der Waals surface area contributed by atoms with Crippen molar-refractivity contribution in [2.75, 3.05) is 6.61 Å². The molecule has 0 bridgehead atoms. The van der Waals surface area contributed by atoms with E-state index < -0.39 is 0 Å². The number of aliphatic hydroxyl groups is 2. The lowest BCUT2D eigenvalue weighted by molar-refractivity contribution is -0.250. The highest BCUT2D eigenvalue weighted by molar-refractivity contribution is 5.23. The van der Waals surface area contributed by atoms with Crippen LogP contribution in [0.4, 0.5) is 0 Å². The number of allylic oxidation sites excluding steroid dienone is 1. The minimum Gasteiger partial charge on any atom is -0.393 e. The zero-order valence-corrected chi connectivity index (χ0v) is 22.0. The van der Waals surface area contributed by atoms with Gasteiger partial charge in [0.25, 0.3) is 0 Å². The third-order valence-electron chi connectivity index (χ3n) is 13.5. The van der Waals surface area contributed by atoms with Gasteiger partial charge in [0.05, 0.1) is 12.7 Å². The Hall–Kier alpha value is -0.340. The molecule has 32 heavy (non-hydrogen) atoms. The second-order valence-corrected chi connectivity index (χ2v) is 14.7. The molecule has 5 aliphatic rings. The molecule has 4 saturated carbocycles. The van der Waals surface area contributed by atoms with Crippen LogP contribution in [-0.4, -0.2) is 22.9 Å². The van der Waals surface area contributed by atoms with Gasteiger partial charge in [-0.1, -0.05) is 54.5 Å². The van der Waals surface area contributed by atoms with E-state index in [1.165, 1.54) is 50.5 Å². The van der Waals surface area contributed by atoms with Crippen LogP contribution in [0, 0.1) is 56.7 Å². The van der Waals surface area contributed by atoms with Gasteiger partial charge in [-0.2, -0.15) is 0 Å². The summed E-state index contributed by atoms with van der Waals surface area (Å²) in [5.41, 5.74) is 2.89. The maximum atomic E-state index is 10.9. The Balaban J connectivity index is 1.54. The Bertz CT molecular complexity index is 799. The van der Waals surface area contributed by atoms with E-state index in [-0.39, 0.29) is 18.1 Å². The SMILES string of the molecule is C[C@@H]1C(CO)=CC[C@]2(C)CC[C@]3(C)[C@H](CC[C@@H]4[C@@]5(C)CC[C@H](O)C(C)(C)[C@@H]5CC[C@]43C)[C@@H]12. The monoisotopic (exact) mass is 442 g/mol. The first-order chi connectivity index (χ1) is 14.8. The van der Waals surface area contributed by atoms with E-state index in [1.54, 1.807) is 0 Å². The summed E-state index contributed by atoms with van der Waals surface area (Å²) in [7, 11) is 0. The van der Waals surface area contributed by atoms with Crippen LogP contribution in [0.2, 0.25) is 0 Å². The van der Waals surface area contributed by atoms with E-state index in [1.807, 2.05) is 0 Å². The molecule has 0 aromatic carbocycles. The number of rotatable bonds is 1. The van der Waals surface area contributed by atoms with E-state index >= 15 is 0 Å². The highest BCUT2D eigenvalue weighted by Crippen LogP contribution is 2.76. The highest BCUT2D eigenvalue weighted by Gasteiger charge is 2.69. The Kier molecular flexibility index (Phi) is 5.19. The molecule has 0 saturated heterocycles. The maximum absolute atomic E-state index is 10.9. The van der Waals surface area contributed by atoms with Crippen LogP contribution in [0.3, 0.4) is 0 Å². The fraction of sp³-hybridized carbons (Fsp3) is 0.933. The minimum absolute atomic E-state index is 0.0376. The van der Waals surface area contributed by atoms with E-state index in [2.05, 4.69) is 54.5 Å². The fourth-order valence-corrected chi connectivity index (χ4v) is 11.4. The summed E-state index contributed by atoms with van der Waals surface area (Å²) < 4.78 is 0. The molecule has 5 aliphatic carbocycles. The van der Waals surface area contributed by atoms with Crippen molar-refractivity contribution in [3.8, 4) is 0 Å². The Morgan fingerprint density at radius 3 is 2.25 bits per heavy atom. The molecule has 0 aromatic rings. The average Bonchev–Trinajstić information content (AvgIpc) is 2.72. The number of hydrogen-bond donors (Lipinski definition) is 2. The Morgan fingerprint density at radius 2 is 1.56 bits per heavy atom. The molecule has 0 amide bonds. The standard InChI is InChI=1S/C30H50O2/c1-19-20(18-31)10-13-27(4)16-17-29(6)21(25(19)27)8-9-23-28(5)14-12-24(32)26(2,3)22(28)11-15-30(23,29)7/h10,19,21-25,31-32H,8-9,11-18H2,1-7H3/t19-,21-,22+,23-,24+,25-,27-,28+,29-,30-/m1/s1. The lowest BCUT2D eigenvalue weighted by Gasteiger charge is -2.73. The normalized spacial score (nSPS) is 56.8. The van der Waals surface area contributed by atoms with Crippen molar-refractivity contribution in [1.82, 2.24) is 0 Å². The summed E-state index contributed by atoms with van der Waals surface area (Å²) >= 11 is 0. The van der Waals surface area contributed by atoms with Gasteiger partial charge in [-0.05, 0) is 120 Å². The van der Waals surface area contributed by atoms with Gasteiger partial charge in [-0.3, -0.25) is 0 Å². The molecule has 2 heteroatoms. The quantitative estimate of drug-likeness (QED) is 0.429. The molecule has 2 nitrogen and oxygen atoms in total. The van der Waals surface area contributed by atoms with Crippen LogP contribution in [0.1, 0.15) is 106 Å². The molecule has 0 aliphatic heterocycles. The van der Waals surface area contributed by atoms with Crippen LogP contribution in [0.25, 0.3) is 0 Å². The first-order valence-corrected chi connectivity index (χ1v) is 13.8. The van der Waals surface area contributed by atoms with Crippen LogP contribution in [0.15, 0.2) is 11.6 Å². The second-order valence-electron chi connectivity index (χ2n) is 14.7. The predicted molar refractivity (Wildman–Crippen MR) is 132 cm³/mol. The largest absolute Gasteiger partial charge is 0.393 e. The van der Waals surface area contributed by atoms with E-state index in [0.29, 0.717) is 39.4 Å². The minimum atomic E-state index is -0.140. The first-order valence-electron chi connectivity index (χ1n) is 13.8. The average molecular weight is 443 g/mol. The first kappa shape index (κ1) is 23.4. The highest BCUT2D eigenvalue weighted by atomic mass is 16.3. The molecule has 0 radical (unpaired) electrons. The van der Waals surface area contributed by atoms with Gasteiger partial charge in [0, 0.05) is 0 Å². The Labute approximate surface area is 197 Å². The topological polar surface area (TPSA) is 40.5 Å². The number of hydrogen-bond acceptors (Lipinski definition) is 2. The van der Waals surface area contributed by atoms with Crippen LogP contribution >= 0.6 is 0 Å². The van der Waals surface area contributed by atoms with Crippen molar-refractivity contribution in [2.45, 2.75) is 112 Å². The summed E-state index contributed by atoms with van der Waals surface area (Å²) in [6.07, 6.45) is 13.7. The molecule has 0 unspecified atom stereocenters. The zero-order valence-electron chi connectivity index (χ0n) is 22.0. The molecule has 10 atom stereocenters. The molecule has 182 valence electrons. The number of aliphatic hydroxyl groups excluding tert-OH is 2. The van der Waals surface area contributed by atoms with Crippen molar-refractivity contribution in [1.29, 1.82) is 0 Å². The van der Waals surface area contributed by atoms with Crippen LogP contribution in [-0.2, 0) is 0 Å². The van der Waals surface area contributed by atoms with Gasteiger partial charge in [-0.15, -0.1) is 0 Å². The molecule has 0 aromatic heterocycles. The van der Waals surface area contributed by atoms with E-state index in [9.17, 15) is 10.2 Å². The third kappa shape index (κ3) is 2.72. The fourth-order valence-electron chi connectivity index (χ4n) is 11.4. The van der Waals surface area contributed by atoms with Gasteiger partial charge in [-0.25, -0.2) is 0 Å². The van der Waals surface area contributed by atoms with Gasteiger partial charge < -0.3 is 10.2 Å². The summed E-state index contributed by atoms with van der Waals surface area (Å²) in [5, 5.41) is 21.0. The molecule has 4 fully saturated rings. The van der Waals surface area contributed by atoms with E-state index in [4.69, 9.17) is 0 Å². The van der Waals surface area contributed by atoms with Gasteiger partial charge >= 0.3 is 0 Å². The van der Waals surface area contributed by atoms with Crippen molar-refractivity contribution in [2.24, 2.45) is 56.7 Å². The van der Waals surface area contributed by atoms with Gasteiger partial charge in [0.2, 0.25) is 0 Å². The zero-order chi connectivity index (χ0) is 23.3. The molecular weight excluding hydrogens is 392 g/mol. The second kappa shape index (κ2) is 7.09. The lowest BCUT2D eigenvalue weighted by Crippen LogP contribution is -2.67. The molecule has 5 rings (SSSR count). The molecular formula is C30H50O2.